The van der Waals surface area contributed by atoms with Crippen molar-refractivity contribution in [3.8, 4) is 0 Å². The van der Waals surface area contributed by atoms with E-state index in [2.05, 4.69) is 106 Å². The Labute approximate surface area is 231 Å². The van der Waals surface area contributed by atoms with Crippen molar-refractivity contribution < 1.29 is 0 Å². The molecule has 5 heteroatoms. The predicted molar refractivity (Wildman–Crippen MR) is 169 cm³/mol. The number of allylic oxidation sites excluding steroid dienone is 9. The van der Waals surface area contributed by atoms with Gasteiger partial charge < -0.3 is 10.2 Å². The van der Waals surface area contributed by atoms with Crippen LogP contribution in [0.25, 0.3) is 11.0 Å². The van der Waals surface area contributed by atoms with Crippen molar-refractivity contribution in [2.75, 3.05) is 13.6 Å². The van der Waals surface area contributed by atoms with Gasteiger partial charge in [-0.1, -0.05) is 87.3 Å². The van der Waals surface area contributed by atoms with Crippen molar-refractivity contribution in [2.45, 2.75) is 52.9 Å². The summed E-state index contributed by atoms with van der Waals surface area (Å²) in [6, 6.07) is 6.55. The normalized spacial score (nSPS) is 18.4. The van der Waals surface area contributed by atoms with Crippen molar-refractivity contribution in [3.63, 3.8) is 0 Å². The number of likely N-dealkylation sites (N-methyl/N-ethyl adjacent to an activating group) is 1. The van der Waals surface area contributed by atoms with Crippen LogP contribution in [0.5, 0.6) is 0 Å². The number of rotatable bonds is 13. The maximum Gasteiger partial charge on any atom is 0.154 e. The number of nitrogens with one attached hydrogen (secondary N) is 1. The summed E-state index contributed by atoms with van der Waals surface area (Å²) in [5.74, 6) is 0.447. The van der Waals surface area contributed by atoms with E-state index >= 15 is 0 Å². The van der Waals surface area contributed by atoms with Gasteiger partial charge in [0.1, 0.15) is 0 Å². The molecule has 1 fully saturated rings. The monoisotopic (exact) mass is 515 g/mol. The number of halogens is 1. The minimum atomic E-state index is 0.387. The fourth-order valence-corrected chi connectivity index (χ4v) is 4.92. The number of benzene rings is 1. The quantitative estimate of drug-likeness (QED) is 0.164. The van der Waals surface area contributed by atoms with Crippen LogP contribution >= 0.6 is 11.6 Å². The van der Waals surface area contributed by atoms with Crippen LogP contribution in [0.1, 0.15) is 51.2 Å². The Morgan fingerprint density at radius 2 is 2.05 bits per heavy atom. The number of hydrogen-bond acceptors (Lipinski definition) is 3. The SMILES string of the molecule is C=C/C=C(\C=C1\CCC(CN/C(=C\N=C)C/C=C(/C=C)C(C)C)N1C)c1cc(Cl)ccc1/C(BC)=C\C. The Balaban J connectivity index is 2.25. The molecular formula is C32H43BClN3. The van der Waals surface area contributed by atoms with Crippen molar-refractivity contribution in [1.82, 2.24) is 10.2 Å². The summed E-state index contributed by atoms with van der Waals surface area (Å²) in [5, 5.41) is 4.35. The van der Waals surface area contributed by atoms with Crippen LogP contribution in [0.15, 0.2) is 96.0 Å². The minimum absolute atomic E-state index is 0.387. The van der Waals surface area contributed by atoms with E-state index < -0.39 is 0 Å². The number of hydrogen-bond donors (Lipinski definition) is 1. The van der Waals surface area contributed by atoms with Gasteiger partial charge in [-0.05, 0) is 72.9 Å². The summed E-state index contributed by atoms with van der Waals surface area (Å²) in [6.45, 7) is 21.1. The highest BCUT2D eigenvalue weighted by Gasteiger charge is 2.25. The van der Waals surface area contributed by atoms with Crippen LogP contribution in [0.4, 0.5) is 0 Å². The van der Waals surface area contributed by atoms with Crippen LogP contribution in [0.2, 0.25) is 11.8 Å². The lowest BCUT2D eigenvalue weighted by Gasteiger charge is -2.25. The Kier molecular flexibility index (Phi) is 12.5. The van der Waals surface area contributed by atoms with Gasteiger partial charge in [0.15, 0.2) is 7.28 Å². The van der Waals surface area contributed by atoms with Crippen LogP contribution in [0, 0.1) is 5.92 Å². The molecule has 0 aromatic heterocycles. The summed E-state index contributed by atoms with van der Waals surface area (Å²) in [4.78, 5) is 6.41. The molecule has 196 valence electrons. The van der Waals surface area contributed by atoms with Gasteiger partial charge in [-0.3, -0.25) is 4.99 Å². The van der Waals surface area contributed by atoms with E-state index in [9.17, 15) is 0 Å². The molecule has 1 heterocycles. The van der Waals surface area contributed by atoms with Crippen LogP contribution in [-0.4, -0.2) is 38.5 Å². The average Bonchev–Trinajstić information content (AvgIpc) is 3.22. The van der Waals surface area contributed by atoms with Crippen LogP contribution in [0.3, 0.4) is 0 Å². The second kappa shape index (κ2) is 15.3. The molecular weight excluding hydrogens is 473 g/mol. The second-order valence-corrected chi connectivity index (χ2v) is 10.1. The first-order chi connectivity index (χ1) is 17.8. The summed E-state index contributed by atoms with van der Waals surface area (Å²) in [5.41, 5.74) is 8.41. The fourth-order valence-electron chi connectivity index (χ4n) is 4.75. The molecule has 0 amide bonds. The lowest BCUT2D eigenvalue weighted by atomic mass is 9.67. The van der Waals surface area contributed by atoms with Gasteiger partial charge in [0.05, 0.1) is 0 Å². The maximum absolute atomic E-state index is 6.45. The molecule has 1 aliphatic heterocycles. The van der Waals surface area contributed by atoms with Gasteiger partial charge >= 0.3 is 0 Å². The molecule has 1 saturated heterocycles. The molecule has 2 rings (SSSR count). The Morgan fingerprint density at radius 3 is 2.65 bits per heavy atom. The van der Waals surface area contributed by atoms with Crippen molar-refractivity contribution >= 4 is 36.6 Å². The second-order valence-electron chi connectivity index (χ2n) is 9.64. The Bertz CT molecular complexity index is 1120. The molecule has 1 unspecified atom stereocenters. The Hall–Kier alpha value is -2.98. The van der Waals surface area contributed by atoms with E-state index in [1.54, 1.807) is 0 Å². The van der Waals surface area contributed by atoms with E-state index in [0.29, 0.717) is 12.0 Å². The zero-order valence-corrected chi connectivity index (χ0v) is 24.1. The molecule has 0 spiro atoms. The summed E-state index contributed by atoms with van der Waals surface area (Å²) >= 11 is 6.45. The molecule has 1 aromatic carbocycles. The highest BCUT2D eigenvalue weighted by molar-refractivity contribution is 6.59. The molecule has 1 aliphatic rings. The molecule has 0 radical (unpaired) electrons. The van der Waals surface area contributed by atoms with Gasteiger partial charge in [-0.25, -0.2) is 0 Å². The van der Waals surface area contributed by atoms with Gasteiger partial charge in [0.2, 0.25) is 0 Å². The van der Waals surface area contributed by atoms with Crippen molar-refractivity contribution in [2.24, 2.45) is 10.9 Å². The summed E-state index contributed by atoms with van der Waals surface area (Å²) in [6.07, 6.45) is 17.3. The molecule has 37 heavy (non-hydrogen) atoms. The summed E-state index contributed by atoms with van der Waals surface area (Å²) in [7, 11) is 3.15. The van der Waals surface area contributed by atoms with Crippen molar-refractivity contribution in [3.05, 3.63) is 107 Å². The molecule has 1 N–H and O–H groups in total. The smallest absolute Gasteiger partial charge is 0.154 e. The highest BCUT2D eigenvalue weighted by atomic mass is 35.5. The first-order valence-corrected chi connectivity index (χ1v) is 13.6. The molecule has 0 bridgehead atoms. The van der Waals surface area contributed by atoms with Gasteiger partial charge in [0, 0.05) is 48.7 Å². The number of nitrogens with zero attached hydrogens (tertiary/aromatic N) is 2. The van der Waals surface area contributed by atoms with E-state index in [1.807, 2.05) is 24.4 Å². The minimum Gasteiger partial charge on any atom is -0.385 e. The highest BCUT2D eigenvalue weighted by Crippen LogP contribution is 2.33. The van der Waals surface area contributed by atoms with Crippen LogP contribution < -0.4 is 5.32 Å². The standard InChI is InChI=1S/C32H43BClN3/c1-9-12-25(31-20-26(34)14-18-30(31)32(11-3)33-6)19-28-16-17-29(37(28)8)22-36-27(21-35-7)15-13-24(10-2)23(4)5/h9-14,18-21,23,29,33,36H,1-2,7,15-17,22H2,3-6,8H3/b24-13-,25-12+,27-21-,28-19-,32-11+. The fraction of sp³-hybridized carbons (Fsp3) is 0.344. The van der Waals surface area contributed by atoms with E-state index in [1.165, 1.54) is 22.3 Å². The lowest BCUT2D eigenvalue weighted by molar-refractivity contribution is 0.344. The van der Waals surface area contributed by atoms with Gasteiger partial charge in [0.25, 0.3) is 0 Å². The van der Waals surface area contributed by atoms with Crippen LogP contribution in [-0.2, 0) is 0 Å². The number of likely N-dealkylation sites (tertiary alicyclic amines) is 1. The molecule has 3 nitrogen and oxygen atoms in total. The first kappa shape index (κ1) is 30.3. The molecule has 0 aliphatic carbocycles. The molecule has 1 atom stereocenters. The predicted octanol–water partition coefficient (Wildman–Crippen LogP) is 8.02. The summed E-state index contributed by atoms with van der Waals surface area (Å²) < 4.78 is 0. The third-order valence-electron chi connectivity index (χ3n) is 6.99. The van der Waals surface area contributed by atoms with E-state index in [4.69, 9.17) is 11.6 Å². The zero-order valence-electron chi connectivity index (χ0n) is 23.4. The molecule has 1 aromatic rings. The van der Waals surface area contributed by atoms with E-state index in [-0.39, 0.29) is 0 Å². The maximum atomic E-state index is 6.45. The van der Waals surface area contributed by atoms with Gasteiger partial charge in [-0.2, -0.15) is 0 Å². The average molecular weight is 516 g/mol. The molecule has 0 saturated carbocycles. The zero-order chi connectivity index (χ0) is 27.4. The third kappa shape index (κ3) is 8.54. The van der Waals surface area contributed by atoms with E-state index in [0.717, 1.165) is 54.9 Å². The number of aliphatic imine (C=N–C) groups is 1. The lowest BCUT2D eigenvalue weighted by Crippen LogP contribution is -2.34. The third-order valence-corrected chi connectivity index (χ3v) is 7.23. The topological polar surface area (TPSA) is 27.6 Å². The largest absolute Gasteiger partial charge is 0.385 e. The first-order valence-electron chi connectivity index (χ1n) is 13.2. The van der Waals surface area contributed by atoms with Gasteiger partial charge in [-0.15, -0.1) is 0 Å². The van der Waals surface area contributed by atoms with Crippen molar-refractivity contribution in [1.29, 1.82) is 0 Å². The Morgan fingerprint density at radius 1 is 1.30 bits per heavy atom.